The van der Waals surface area contributed by atoms with Crippen molar-refractivity contribution in [3.8, 4) is 0 Å². The van der Waals surface area contributed by atoms with Crippen molar-refractivity contribution in [2.24, 2.45) is 4.99 Å². The first-order valence-electron chi connectivity index (χ1n) is 6.88. The van der Waals surface area contributed by atoms with Gasteiger partial charge in [0.2, 0.25) is 0 Å². The zero-order valence-electron chi connectivity index (χ0n) is 11.9. The van der Waals surface area contributed by atoms with Crippen LogP contribution in [0.15, 0.2) is 45.9 Å². The third-order valence-electron chi connectivity index (χ3n) is 3.55. The second-order valence-electron chi connectivity index (χ2n) is 5.09. The highest BCUT2D eigenvalue weighted by molar-refractivity contribution is 9.10. The van der Waals surface area contributed by atoms with Crippen LogP contribution in [0, 0.1) is 6.92 Å². The minimum absolute atomic E-state index is 0.140. The molecule has 1 aliphatic rings. The van der Waals surface area contributed by atoms with Crippen LogP contribution in [0.1, 0.15) is 23.6 Å². The number of fused-ring (bicyclic) bond motifs is 1. The van der Waals surface area contributed by atoms with E-state index in [2.05, 4.69) is 33.2 Å². The molecule has 0 radical (unpaired) electrons. The van der Waals surface area contributed by atoms with Crippen molar-refractivity contribution in [2.75, 3.05) is 5.32 Å². The zero-order valence-corrected chi connectivity index (χ0v) is 13.5. The predicted molar refractivity (Wildman–Crippen MR) is 89.5 cm³/mol. The highest BCUT2D eigenvalue weighted by atomic mass is 79.9. The van der Waals surface area contributed by atoms with Gasteiger partial charge in [-0.3, -0.25) is 4.79 Å². The number of aliphatic imine (C=N–C) groups is 1. The van der Waals surface area contributed by atoms with Crippen molar-refractivity contribution in [1.82, 2.24) is 0 Å². The van der Waals surface area contributed by atoms with Crippen molar-refractivity contribution in [3.05, 3.63) is 57.6 Å². The number of halogens is 1. The summed E-state index contributed by atoms with van der Waals surface area (Å²) in [6.07, 6.45) is 0.861. The Balaban J connectivity index is 2.12. The molecule has 0 aromatic heterocycles. The van der Waals surface area contributed by atoms with Crippen LogP contribution < -0.4 is 5.32 Å². The fourth-order valence-corrected chi connectivity index (χ4v) is 2.94. The smallest absolute Gasteiger partial charge is 0.275 e. The van der Waals surface area contributed by atoms with Crippen LogP contribution >= 0.6 is 15.9 Å². The molecule has 0 fully saturated rings. The van der Waals surface area contributed by atoms with Gasteiger partial charge in [0, 0.05) is 10.0 Å². The molecular weight excluding hydrogens is 328 g/mol. The number of aryl methyl sites for hydroxylation is 2. The van der Waals surface area contributed by atoms with Crippen molar-refractivity contribution in [1.29, 1.82) is 0 Å². The van der Waals surface area contributed by atoms with E-state index < -0.39 is 0 Å². The fourth-order valence-electron chi connectivity index (χ4n) is 2.43. The maximum atomic E-state index is 12.2. The zero-order chi connectivity index (χ0) is 15.0. The van der Waals surface area contributed by atoms with Crippen molar-refractivity contribution < 1.29 is 4.79 Å². The fraction of sp³-hybridized carbons (Fsp3) is 0.176. The van der Waals surface area contributed by atoms with Crippen LogP contribution in [-0.2, 0) is 11.2 Å². The number of hydrogen-bond donors (Lipinski definition) is 1. The average Bonchev–Trinajstić information content (AvgIpc) is 2.77. The normalized spacial score (nSPS) is 15.2. The molecule has 106 valence electrons. The molecule has 0 saturated heterocycles. The van der Waals surface area contributed by atoms with Crippen molar-refractivity contribution >= 4 is 38.9 Å². The Morgan fingerprint density at radius 2 is 1.90 bits per heavy atom. The minimum Gasteiger partial charge on any atom is -0.320 e. The summed E-state index contributed by atoms with van der Waals surface area (Å²) < 4.78 is 0.964. The van der Waals surface area contributed by atoms with Gasteiger partial charge < -0.3 is 5.32 Å². The Morgan fingerprint density at radius 3 is 2.57 bits per heavy atom. The van der Waals surface area contributed by atoms with Gasteiger partial charge in [0.25, 0.3) is 5.91 Å². The Bertz CT molecular complexity index is 748. The molecule has 0 spiro atoms. The molecule has 21 heavy (non-hydrogen) atoms. The standard InChI is InChI=1S/C17H15BrN2O/c1-3-11-8-12(18)9-14-15(11)20-17(21)16(14)19-13-6-4-10(2)5-7-13/h4-9H,3H2,1-2H3,(H,19,20,21). The molecule has 1 aliphatic heterocycles. The van der Waals surface area contributed by atoms with Crippen molar-refractivity contribution in [2.45, 2.75) is 20.3 Å². The molecular formula is C17H15BrN2O. The third-order valence-corrected chi connectivity index (χ3v) is 4.01. The van der Waals surface area contributed by atoms with E-state index in [0.29, 0.717) is 5.71 Å². The van der Waals surface area contributed by atoms with Crippen LogP contribution in [-0.4, -0.2) is 11.6 Å². The number of nitrogens with one attached hydrogen (secondary N) is 1. The van der Waals surface area contributed by atoms with E-state index in [1.54, 1.807) is 0 Å². The third kappa shape index (κ3) is 2.63. The van der Waals surface area contributed by atoms with E-state index in [0.717, 1.165) is 33.4 Å². The van der Waals surface area contributed by atoms with E-state index in [4.69, 9.17) is 0 Å². The summed E-state index contributed by atoms with van der Waals surface area (Å²) in [5.41, 5.74) is 5.30. The number of benzene rings is 2. The van der Waals surface area contributed by atoms with Gasteiger partial charge in [0.05, 0.1) is 11.4 Å². The first-order chi connectivity index (χ1) is 10.1. The molecule has 0 unspecified atom stereocenters. The summed E-state index contributed by atoms with van der Waals surface area (Å²) in [5, 5.41) is 2.94. The van der Waals surface area contributed by atoms with Gasteiger partial charge in [0.1, 0.15) is 5.71 Å². The van der Waals surface area contributed by atoms with E-state index >= 15 is 0 Å². The molecule has 2 aromatic rings. The predicted octanol–water partition coefficient (Wildman–Crippen LogP) is 4.39. The van der Waals surface area contributed by atoms with E-state index in [1.807, 2.05) is 43.3 Å². The Hall–Kier alpha value is -1.94. The van der Waals surface area contributed by atoms with Crippen LogP contribution in [0.4, 0.5) is 11.4 Å². The number of nitrogens with zero attached hydrogens (tertiary/aromatic N) is 1. The summed E-state index contributed by atoms with van der Waals surface area (Å²) in [4.78, 5) is 16.7. The summed E-state index contributed by atoms with van der Waals surface area (Å²) in [5.74, 6) is -0.140. The minimum atomic E-state index is -0.140. The van der Waals surface area contributed by atoms with Gasteiger partial charge in [-0.25, -0.2) is 4.99 Å². The molecule has 1 amide bonds. The lowest BCUT2D eigenvalue weighted by Gasteiger charge is -2.06. The molecule has 3 nitrogen and oxygen atoms in total. The molecule has 1 heterocycles. The quantitative estimate of drug-likeness (QED) is 0.863. The molecule has 0 saturated carbocycles. The molecule has 0 aliphatic carbocycles. The van der Waals surface area contributed by atoms with Crippen molar-refractivity contribution in [3.63, 3.8) is 0 Å². The lowest BCUT2D eigenvalue weighted by molar-refractivity contribution is -0.110. The molecule has 0 bridgehead atoms. The second kappa shape index (κ2) is 5.45. The number of carbonyl (C=O) groups is 1. The first-order valence-corrected chi connectivity index (χ1v) is 7.67. The number of hydrogen-bond acceptors (Lipinski definition) is 2. The van der Waals surface area contributed by atoms with Crippen LogP contribution in [0.3, 0.4) is 0 Å². The van der Waals surface area contributed by atoms with Gasteiger partial charge in [-0.05, 0) is 43.2 Å². The van der Waals surface area contributed by atoms with Gasteiger partial charge in [-0.15, -0.1) is 0 Å². The summed E-state index contributed by atoms with van der Waals surface area (Å²) >= 11 is 3.50. The summed E-state index contributed by atoms with van der Waals surface area (Å²) in [6.45, 7) is 4.10. The maximum absolute atomic E-state index is 12.2. The molecule has 2 aromatic carbocycles. The lowest BCUT2D eigenvalue weighted by atomic mass is 10.0. The van der Waals surface area contributed by atoms with Crippen LogP contribution in [0.5, 0.6) is 0 Å². The largest absolute Gasteiger partial charge is 0.320 e. The summed E-state index contributed by atoms with van der Waals surface area (Å²) in [7, 11) is 0. The van der Waals surface area contributed by atoms with Gasteiger partial charge in [0.15, 0.2) is 0 Å². The second-order valence-corrected chi connectivity index (χ2v) is 6.01. The highest BCUT2D eigenvalue weighted by Gasteiger charge is 2.28. The molecule has 4 heteroatoms. The molecule has 3 rings (SSSR count). The Morgan fingerprint density at radius 1 is 1.19 bits per heavy atom. The van der Waals surface area contributed by atoms with E-state index in [9.17, 15) is 4.79 Å². The number of amides is 1. The number of rotatable bonds is 2. The average molecular weight is 343 g/mol. The maximum Gasteiger partial charge on any atom is 0.275 e. The highest BCUT2D eigenvalue weighted by Crippen LogP contribution is 2.32. The van der Waals surface area contributed by atoms with Gasteiger partial charge >= 0.3 is 0 Å². The summed E-state index contributed by atoms with van der Waals surface area (Å²) in [6, 6.07) is 11.8. The lowest BCUT2D eigenvalue weighted by Crippen LogP contribution is -2.14. The van der Waals surface area contributed by atoms with Crippen LogP contribution in [0.2, 0.25) is 0 Å². The van der Waals surface area contributed by atoms with Crippen LogP contribution in [0.25, 0.3) is 0 Å². The molecule has 0 atom stereocenters. The Labute approximate surface area is 132 Å². The number of anilines is 1. The van der Waals surface area contributed by atoms with E-state index in [-0.39, 0.29) is 5.91 Å². The monoisotopic (exact) mass is 342 g/mol. The Kier molecular flexibility index (Phi) is 3.64. The topological polar surface area (TPSA) is 41.5 Å². The first kappa shape index (κ1) is 14.0. The van der Waals surface area contributed by atoms with Gasteiger partial charge in [-0.2, -0.15) is 0 Å². The number of carbonyl (C=O) groups excluding carboxylic acids is 1. The van der Waals surface area contributed by atoms with Gasteiger partial charge in [-0.1, -0.05) is 40.5 Å². The SMILES string of the molecule is CCc1cc(Br)cc2c1NC(=O)C2=Nc1ccc(C)cc1. The molecule has 1 N–H and O–H groups in total. The van der Waals surface area contributed by atoms with E-state index in [1.165, 1.54) is 5.56 Å².